The van der Waals surface area contributed by atoms with Crippen LogP contribution in [0.25, 0.3) is 0 Å². The predicted octanol–water partition coefficient (Wildman–Crippen LogP) is 3.22. The quantitative estimate of drug-likeness (QED) is 0.527. The summed E-state index contributed by atoms with van der Waals surface area (Å²) in [5.74, 6) is 0.960. The molecule has 1 aromatic heterocycles. The molecule has 0 saturated heterocycles. The molecule has 0 spiro atoms. The average Bonchev–Trinajstić information content (AvgIpc) is 3.02. The van der Waals surface area contributed by atoms with Crippen LogP contribution in [0.15, 0.2) is 17.5 Å². The molecular formula is C18H35N5O3S. The molecule has 27 heavy (non-hydrogen) atoms. The number of nitrogens with zero attached hydrogens (tertiary/aromatic N) is 4. The standard InChI is InChI=1S/C14H23N5O3S.2C2H6/c1-11-9-16-12(10-15-11)14-18-17-13(19(14)2)7-5-4-6-8-22-23(3,20)21;2*1-2/h9-10,14,18H,4-8H2,1-3H3;2*1-2H3. The minimum absolute atomic E-state index is 0.0910. The van der Waals surface area contributed by atoms with Crippen LogP contribution in [0.4, 0.5) is 0 Å². The maximum atomic E-state index is 10.8. The van der Waals surface area contributed by atoms with E-state index in [0.717, 1.165) is 42.7 Å². The lowest BCUT2D eigenvalue weighted by Gasteiger charge is -2.21. The molecule has 0 saturated carbocycles. The molecule has 1 aromatic rings. The number of unbranched alkanes of at least 4 members (excludes halogenated alkanes) is 2. The van der Waals surface area contributed by atoms with Gasteiger partial charge in [-0.05, 0) is 19.8 Å². The number of rotatable bonds is 8. The van der Waals surface area contributed by atoms with Gasteiger partial charge in [0.15, 0.2) is 6.17 Å². The molecule has 1 unspecified atom stereocenters. The molecule has 0 aliphatic carbocycles. The molecule has 0 bridgehead atoms. The van der Waals surface area contributed by atoms with Crippen LogP contribution in [-0.2, 0) is 14.3 Å². The number of aromatic nitrogens is 2. The van der Waals surface area contributed by atoms with E-state index in [1.807, 2.05) is 46.6 Å². The summed E-state index contributed by atoms with van der Waals surface area (Å²) in [5, 5.41) is 4.35. The summed E-state index contributed by atoms with van der Waals surface area (Å²) in [6, 6.07) is 0. The summed E-state index contributed by atoms with van der Waals surface area (Å²) in [6.07, 6.45) is 7.81. The second-order valence-electron chi connectivity index (χ2n) is 5.59. The van der Waals surface area contributed by atoms with Gasteiger partial charge >= 0.3 is 0 Å². The number of hydrogen-bond acceptors (Lipinski definition) is 8. The molecule has 2 heterocycles. The Morgan fingerprint density at radius 1 is 1.11 bits per heavy atom. The first-order valence-electron chi connectivity index (χ1n) is 9.55. The number of amidine groups is 1. The fourth-order valence-electron chi connectivity index (χ4n) is 2.26. The molecule has 156 valence electrons. The molecule has 1 aliphatic heterocycles. The molecule has 0 fully saturated rings. The molecule has 0 amide bonds. The van der Waals surface area contributed by atoms with Crippen LogP contribution in [0.2, 0.25) is 0 Å². The van der Waals surface area contributed by atoms with Crippen molar-refractivity contribution in [1.82, 2.24) is 20.3 Å². The summed E-state index contributed by atoms with van der Waals surface area (Å²) in [4.78, 5) is 10.7. The Kier molecular flexibility index (Phi) is 12.6. The first kappa shape index (κ1) is 25.3. The molecule has 9 heteroatoms. The zero-order valence-electron chi connectivity index (χ0n) is 17.7. The van der Waals surface area contributed by atoms with Gasteiger partial charge in [-0.2, -0.15) is 13.5 Å². The number of nitrogens with one attached hydrogen (secondary N) is 1. The molecule has 2 rings (SSSR count). The Hall–Kier alpha value is -1.74. The van der Waals surface area contributed by atoms with Gasteiger partial charge in [-0.25, -0.2) is 0 Å². The number of aryl methyl sites for hydroxylation is 1. The van der Waals surface area contributed by atoms with Crippen molar-refractivity contribution in [1.29, 1.82) is 0 Å². The van der Waals surface area contributed by atoms with Crippen molar-refractivity contribution >= 4 is 16.0 Å². The van der Waals surface area contributed by atoms with E-state index in [-0.39, 0.29) is 12.8 Å². The summed E-state index contributed by atoms with van der Waals surface area (Å²) < 4.78 is 26.4. The first-order valence-corrected chi connectivity index (χ1v) is 11.4. The van der Waals surface area contributed by atoms with E-state index >= 15 is 0 Å². The molecule has 0 radical (unpaired) electrons. The van der Waals surface area contributed by atoms with Crippen molar-refractivity contribution in [3.05, 3.63) is 23.8 Å². The van der Waals surface area contributed by atoms with E-state index in [1.54, 1.807) is 12.4 Å². The smallest absolute Gasteiger partial charge is 0.264 e. The predicted molar refractivity (Wildman–Crippen MR) is 110 cm³/mol. The number of hydrogen-bond donors (Lipinski definition) is 1. The summed E-state index contributed by atoms with van der Waals surface area (Å²) >= 11 is 0. The fraction of sp³-hybridized carbons (Fsp3) is 0.722. The second-order valence-corrected chi connectivity index (χ2v) is 7.23. The third-order valence-electron chi connectivity index (χ3n) is 3.53. The van der Waals surface area contributed by atoms with Crippen LogP contribution in [0.5, 0.6) is 0 Å². The van der Waals surface area contributed by atoms with E-state index in [2.05, 4.69) is 20.5 Å². The lowest BCUT2D eigenvalue weighted by molar-refractivity contribution is 0.310. The first-order chi connectivity index (χ1) is 12.9. The van der Waals surface area contributed by atoms with Crippen LogP contribution in [0, 0.1) is 6.92 Å². The summed E-state index contributed by atoms with van der Waals surface area (Å²) in [7, 11) is -1.36. The van der Waals surface area contributed by atoms with Crippen LogP contribution >= 0.6 is 0 Å². The average molecular weight is 402 g/mol. The highest BCUT2D eigenvalue weighted by molar-refractivity contribution is 7.85. The van der Waals surface area contributed by atoms with Crippen molar-refractivity contribution in [3.8, 4) is 0 Å². The van der Waals surface area contributed by atoms with Gasteiger partial charge in [-0.15, -0.1) is 0 Å². The van der Waals surface area contributed by atoms with Crippen molar-refractivity contribution in [2.45, 2.75) is 66.5 Å². The van der Waals surface area contributed by atoms with Gasteiger partial charge in [-0.3, -0.25) is 19.6 Å². The molecule has 0 aromatic carbocycles. The largest absolute Gasteiger partial charge is 0.335 e. The lowest BCUT2D eigenvalue weighted by atomic mass is 10.2. The van der Waals surface area contributed by atoms with Gasteiger partial charge in [0, 0.05) is 19.7 Å². The summed E-state index contributed by atoms with van der Waals surface area (Å²) in [6.45, 7) is 10.1. The van der Waals surface area contributed by atoms with Gasteiger partial charge in [0.1, 0.15) is 11.5 Å². The number of hydrazone groups is 1. The van der Waals surface area contributed by atoms with Crippen molar-refractivity contribution in [3.63, 3.8) is 0 Å². The molecule has 1 aliphatic rings. The lowest BCUT2D eigenvalue weighted by Crippen LogP contribution is -2.30. The van der Waals surface area contributed by atoms with Crippen LogP contribution in [0.1, 0.15) is 70.9 Å². The maximum Gasteiger partial charge on any atom is 0.264 e. The van der Waals surface area contributed by atoms with Crippen molar-refractivity contribution < 1.29 is 12.6 Å². The third-order valence-corrected chi connectivity index (χ3v) is 4.13. The Morgan fingerprint density at radius 2 is 1.78 bits per heavy atom. The third kappa shape index (κ3) is 9.67. The van der Waals surface area contributed by atoms with Gasteiger partial charge in [0.2, 0.25) is 0 Å². The van der Waals surface area contributed by atoms with E-state index < -0.39 is 10.1 Å². The highest BCUT2D eigenvalue weighted by Crippen LogP contribution is 2.21. The Labute approximate surface area is 164 Å². The zero-order chi connectivity index (χ0) is 20.9. The van der Waals surface area contributed by atoms with Crippen LogP contribution < -0.4 is 5.43 Å². The Morgan fingerprint density at radius 3 is 2.33 bits per heavy atom. The SMILES string of the molecule is CC.CC.Cc1cnc(C2NN=C(CCCCCOS(C)(=O)=O)N2C)cn1. The normalized spacial score (nSPS) is 15.7. The Balaban J connectivity index is 0.00000158. The minimum atomic E-state index is -3.33. The zero-order valence-corrected chi connectivity index (χ0v) is 18.5. The van der Waals surface area contributed by atoms with Gasteiger partial charge < -0.3 is 4.90 Å². The van der Waals surface area contributed by atoms with E-state index in [9.17, 15) is 8.42 Å². The highest BCUT2D eigenvalue weighted by Gasteiger charge is 2.26. The van der Waals surface area contributed by atoms with Crippen LogP contribution in [0.3, 0.4) is 0 Å². The van der Waals surface area contributed by atoms with E-state index in [4.69, 9.17) is 4.18 Å². The van der Waals surface area contributed by atoms with E-state index in [0.29, 0.717) is 6.42 Å². The maximum absolute atomic E-state index is 10.8. The van der Waals surface area contributed by atoms with Crippen molar-refractivity contribution in [2.75, 3.05) is 19.9 Å². The molecule has 1 atom stereocenters. The fourth-order valence-corrected chi connectivity index (χ4v) is 2.68. The highest BCUT2D eigenvalue weighted by atomic mass is 32.2. The Bertz CT molecular complexity index is 647. The van der Waals surface area contributed by atoms with Gasteiger partial charge in [0.25, 0.3) is 10.1 Å². The van der Waals surface area contributed by atoms with Gasteiger partial charge in [-0.1, -0.05) is 34.1 Å². The monoisotopic (exact) mass is 401 g/mol. The topological polar surface area (TPSA) is 96.8 Å². The van der Waals surface area contributed by atoms with Crippen LogP contribution in [-0.4, -0.2) is 49.0 Å². The van der Waals surface area contributed by atoms with Crippen molar-refractivity contribution in [2.24, 2.45) is 5.10 Å². The second kappa shape index (κ2) is 13.4. The summed E-state index contributed by atoms with van der Waals surface area (Å²) in [5.41, 5.74) is 4.78. The minimum Gasteiger partial charge on any atom is -0.335 e. The molecular weight excluding hydrogens is 366 g/mol. The molecule has 8 nitrogen and oxygen atoms in total. The van der Waals surface area contributed by atoms with E-state index in [1.165, 1.54) is 0 Å². The molecule has 1 N–H and O–H groups in total. The van der Waals surface area contributed by atoms with Gasteiger partial charge in [0.05, 0.1) is 24.8 Å².